The van der Waals surface area contributed by atoms with Gasteiger partial charge in [0.15, 0.2) is 5.78 Å². The number of likely N-dealkylation sites (tertiary alicyclic amines) is 2. The van der Waals surface area contributed by atoms with Crippen LogP contribution < -0.4 is 15.4 Å². The van der Waals surface area contributed by atoms with E-state index in [1.165, 1.54) is 0 Å². The van der Waals surface area contributed by atoms with Crippen LogP contribution in [0.1, 0.15) is 42.5 Å². The Bertz CT molecular complexity index is 930. The number of piperidine rings is 2. The van der Waals surface area contributed by atoms with Crippen LogP contribution in [0.4, 0.5) is 0 Å². The highest BCUT2D eigenvalue weighted by Gasteiger charge is 2.41. The van der Waals surface area contributed by atoms with Crippen molar-refractivity contribution >= 4 is 17.6 Å². The zero-order valence-electron chi connectivity index (χ0n) is 20.4. The predicted octanol–water partition coefficient (Wildman–Crippen LogP) is 1.03. The van der Waals surface area contributed by atoms with E-state index in [9.17, 15) is 14.4 Å². The minimum atomic E-state index is -0.225. The van der Waals surface area contributed by atoms with Gasteiger partial charge in [0.2, 0.25) is 11.8 Å². The van der Waals surface area contributed by atoms with Gasteiger partial charge in [0.1, 0.15) is 5.75 Å². The molecule has 9 heteroatoms. The van der Waals surface area contributed by atoms with Gasteiger partial charge in [-0.15, -0.1) is 0 Å². The molecule has 4 fully saturated rings. The molecule has 4 atom stereocenters. The van der Waals surface area contributed by atoms with Gasteiger partial charge in [-0.05, 0) is 69.5 Å². The van der Waals surface area contributed by atoms with E-state index in [0.717, 1.165) is 56.5 Å². The molecule has 4 unspecified atom stereocenters. The first-order valence-electron chi connectivity index (χ1n) is 12.9. The normalized spacial score (nSPS) is 30.5. The first-order chi connectivity index (χ1) is 17.0. The molecule has 4 aliphatic rings. The van der Waals surface area contributed by atoms with Crippen molar-refractivity contribution in [2.24, 2.45) is 11.8 Å². The number of hydrogen-bond acceptors (Lipinski definition) is 7. The maximum absolute atomic E-state index is 13.4. The molecular weight excluding hydrogens is 448 g/mol. The number of ether oxygens (including phenoxy) is 2. The Kier molecular flexibility index (Phi) is 7.36. The SMILES string of the molecule is COc1ccc(C(=O)C2CCN(C3CCCN(CC4NC(=O)C5COCCC5N4)C3=O)CC2)cc1. The molecule has 0 spiro atoms. The molecular formula is C26H36N4O5. The van der Waals surface area contributed by atoms with Crippen LogP contribution in [0.3, 0.4) is 0 Å². The number of rotatable bonds is 6. The van der Waals surface area contributed by atoms with E-state index in [1.54, 1.807) is 7.11 Å². The lowest BCUT2D eigenvalue weighted by Gasteiger charge is -2.44. The average Bonchev–Trinajstić information content (AvgIpc) is 2.90. The van der Waals surface area contributed by atoms with E-state index in [4.69, 9.17) is 9.47 Å². The number of Topliss-reactive ketones (excluding diaryl/α,β-unsaturated/α-hetero) is 1. The van der Waals surface area contributed by atoms with E-state index in [2.05, 4.69) is 15.5 Å². The van der Waals surface area contributed by atoms with Gasteiger partial charge in [0.25, 0.3) is 0 Å². The van der Waals surface area contributed by atoms with Gasteiger partial charge >= 0.3 is 0 Å². The summed E-state index contributed by atoms with van der Waals surface area (Å²) in [4.78, 5) is 43.0. The molecule has 0 bridgehead atoms. The number of nitrogens with zero attached hydrogens (tertiary/aromatic N) is 2. The number of nitrogens with one attached hydrogen (secondary N) is 2. The highest BCUT2D eigenvalue weighted by molar-refractivity contribution is 5.98. The van der Waals surface area contributed by atoms with Crippen molar-refractivity contribution in [1.29, 1.82) is 0 Å². The fourth-order valence-corrected chi connectivity index (χ4v) is 6.00. The fourth-order valence-electron chi connectivity index (χ4n) is 6.00. The highest BCUT2D eigenvalue weighted by Crippen LogP contribution is 2.27. The molecule has 1 aromatic rings. The second-order valence-corrected chi connectivity index (χ2v) is 10.1. The lowest BCUT2D eigenvalue weighted by molar-refractivity contribution is -0.144. The maximum Gasteiger partial charge on any atom is 0.240 e. The topological polar surface area (TPSA) is 100 Å². The summed E-state index contributed by atoms with van der Waals surface area (Å²) in [5.74, 6) is 0.918. The van der Waals surface area contributed by atoms with Crippen LogP contribution in [0.5, 0.6) is 5.75 Å². The standard InChI is InChI=1S/C26H36N4O5/c1-34-19-6-4-17(5-7-19)24(31)18-8-12-29(13-9-18)22-3-2-11-30(26(22)33)15-23-27-21-10-14-35-16-20(21)25(32)28-23/h4-7,18,20-23,27H,2-3,8-16H2,1H3,(H,28,32). The molecule has 9 nitrogen and oxygen atoms in total. The van der Waals surface area contributed by atoms with E-state index in [0.29, 0.717) is 26.3 Å². The first kappa shape index (κ1) is 24.2. The van der Waals surface area contributed by atoms with Crippen LogP contribution in [0.15, 0.2) is 24.3 Å². The number of amides is 2. The smallest absolute Gasteiger partial charge is 0.240 e. The van der Waals surface area contributed by atoms with Crippen LogP contribution in [0, 0.1) is 11.8 Å². The maximum atomic E-state index is 13.4. The first-order valence-corrected chi connectivity index (χ1v) is 12.9. The quantitative estimate of drug-likeness (QED) is 0.582. The van der Waals surface area contributed by atoms with Gasteiger partial charge in [-0.1, -0.05) is 0 Å². The van der Waals surface area contributed by atoms with E-state index in [-0.39, 0.29) is 47.7 Å². The summed E-state index contributed by atoms with van der Waals surface area (Å²) >= 11 is 0. The van der Waals surface area contributed by atoms with Crippen molar-refractivity contribution in [3.05, 3.63) is 29.8 Å². The summed E-state index contributed by atoms with van der Waals surface area (Å²) in [7, 11) is 1.61. The van der Waals surface area contributed by atoms with Crippen molar-refractivity contribution in [2.45, 2.75) is 50.4 Å². The highest BCUT2D eigenvalue weighted by atomic mass is 16.5. The molecule has 4 aliphatic heterocycles. The number of carbonyl (C=O) groups excluding carboxylic acids is 3. The van der Waals surface area contributed by atoms with Gasteiger partial charge in [-0.2, -0.15) is 0 Å². The Balaban J connectivity index is 1.14. The molecule has 35 heavy (non-hydrogen) atoms. The van der Waals surface area contributed by atoms with E-state index < -0.39 is 0 Å². The molecule has 4 heterocycles. The second kappa shape index (κ2) is 10.6. The number of hydrogen-bond donors (Lipinski definition) is 2. The molecule has 0 radical (unpaired) electrons. The number of methoxy groups -OCH3 is 1. The number of ketones is 1. The van der Waals surface area contributed by atoms with Gasteiger partial charge < -0.3 is 19.7 Å². The lowest BCUT2D eigenvalue weighted by atomic mass is 9.87. The summed E-state index contributed by atoms with van der Waals surface area (Å²) in [5.41, 5.74) is 0.720. The monoisotopic (exact) mass is 484 g/mol. The second-order valence-electron chi connectivity index (χ2n) is 10.1. The molecule has 0 aliphatic carbocycles. The Morgan fingerprint density at radius 3 is 2.60 bits per heavy atom. The minimum Gasteiger partial charge on any atom is -0.497 e. The van der Waals surface area contributed by atoms with Crippen LogP contribution in [0.2, 0.25) is 0 Å². The number of fused-ring (bicyclic) bond motifs is 1. The number of carbonyl (C=O) groups is 3. The van der Waals surface area contributed by atoms with Crippen molar-refractivity contribution in [1.82, 2.24) is 20.4 Å². The zero-order chi connectivity index (χ0) is 24.4. The van der Waals surface area contributed by atoms with Gasteiger partial charge in [0, 0.05) is 30.7 Å². The van der Waals surface area contributed by atoms with Crippen molar-refractivity contribution in [3.63, 3.8) is 0 Å². The minimum absolute atomic E-state index is 0.0106. The molecule has 190 valence electrons. The van der Waals surface area contributed by atoms with Crippen molar-refractivity contribution in [3.8, 4) is 5.75 Å². The average molecular weight is 485 g/mol. The fraction of sp³-hybridized carbons (Fsp3) is 0.654. The van der Waals surface area contributed by atoms with Gasteiger partial charge in [-0.3, -0.25) is 24.6 Å². The van der Waals surface area contributed by atoms with Gasteiger partial charge in [-0.25, -0.2) is 0 Å². The third kappa shape index (κ3) is 5.22. The Labute approximate surface area is 206 Å². The number of benzene rings is 1. The lowest BCUT2D eigenvalue weighted by Crippen LogP contribution is -2.67. The van der Waals surface area contributed by atoms with Crippen LogP contribution in [-0.2, 0) is 14.3 Å². The van der Waals surface area contributed by atoms with Crippen LogP contribution >= 0.6 is 0 Å². The molecule has 5 rings (SSSR count). The Morgan fingerprint density at radius 2 is 1.86 bits per heavy atom. The molecule has 0 aromatic heterocycles. The summed E-state index contributed by atoms with van der Waals surface area (Å²) < 4.78 is 10.6. The summed E-state index contributed by atoms with van der Waals surface area (Å²) in [5, 5.41) is 6.56. The van der Waals surface area contributed by atoms with Gasteiger partial charge in [0.05, 0.1) is 38.4 Å². The molecule has 4 saturated heterocycles. The third-order valence-electron chi connectivity index (χ3n) is 8.05. The van der Waals surface area contributed by atoms with Crippen LogP contribution in [0.25, 0.3) is 0 Å². The molecule has 1 aromatic carbocycles. The van der Waals surface area contributed by atoms with Crippen molar-refractivity contribution < 1.29 is 23.9 Å². The summed E-state index contributed by atoms with van der Waals surface area (Å²) in [6.45, 7) is 3.82. The molecule has 2 N–H and O–H groups in total. The van der Waals surface area contributed by atoms with E-state index in [1.807, 2.05) is 29.2 Å². The predicted molar refractivity (Wildman–Crippen MR) is 129 cm³/mol. The molecule has 2 amide bonds. The Morgan fingerprint density at radius 1 is 1.09 bits per heavy atom. The summed E-state index contributed by atoms with van der Waals surface area (Å²) in [6.07, 6.45) is 3.91. The zero-order valence-corrected chi connectivity index (χ0v) is 20.4. The molecule has 0 saturated carbocycles. The van der Waals surface area contributed by atoms with Crippen molar-refractivity contribution in [2.75, 3.05) is 46.5 Å². The van der Waals surface area contributed by atoms with E-state index >= 15 is 0 Å². The Hall–Kier alpha value is -2.49. The summed E-state index contributed by atoms with van der Waals surface area (Å²) in [6, 6.07) is 7.27. The third-order valence-corrected chi connectivity index (χ3v) is 8.05. The van der Waals surface area contributed by atoms with Crippen LogP contribution in [-0.4, -0.2) is 92.1 Å². The largest absolute Gasteiger partial charge is 0.497 e.